The number of primary amides is 1. The van der Waals surface area contributed by atoms with Gasteiger partial charge < -0.3 is 21.7 Å². The van der Waals surface area contributed by atoms with Crippen molar-refractivity contribution in [1.29, 1.82) is 0 Å². The molecule has 3 amide bonds. The van der Waals surface area contributed by atoms with E-state index in [1.807, 2.05) is 7.05 Å². The second-order valence-electron chi connectivity index (χ2n) is 3.43. The average molecular weight is 236 g/mol. The van der Waals surface area contributed by atoms with Crippen LogP contribution in [0, 0.1) is 0 Å². The normalized spacial score (nSPS) is 9.71. The van der Waals surface area contributed by atoms with Gasteiger partial charge in [-0.3, -0.25) is 4.79 Å². The Balaban J connectivity index is 2.63. The number of nitrogens with two attached hydrogens (primary N) is 1. The molecule has 0 aliphatic carbocycles. The molecule has 6 nitrogen and oxygen atoms in total. The molecule has 0 bridgehead atoms. The molecule has 0 spiro atoms. The predicted octanol–water partition coefficient (Wildman–Crippen LogP) is 0.126. The van der Waals surface area contributed by atoms with Gasteiger partial charge in [-0.25, -0.2) is 4.79 Å². The van der Waals surface area contributed by atoms with Crippen LogP contribution in [0.3, 0.4) is 0 Å². The van der Waals surface area contributed by atoms with Crippen LogP contribution in [-0.4, -0.2) is 32.1 Å². The lowest BCUT2D eigenvalue weighted by Gasteiger charge is -2.06. The van der Waals surface area contributed by atoms with Crippen LogP contribution in [0.2, 0.25) is 0 Å². The second kappa shape index (κ2) is 6.49. The Bertz CT molecular complexity index is 406. The predicted molar refractivity (Wildman–Crippen MR) is 65.9 cm³/mol. The topological polar surface area (TPSA) is 96.2 Å². The maximum absolute atomic E-state index is 11.7. The molecule has 0 fully saturated rings. The van der Waals surface area contributed by atoms with E-state index in [2.05, 4.69) is 16.0 Å². The molecule has 17 heavy (non-hydrogen) atoms. The maximum atomic E-state index is 11.7. The van der Waals surface area contributed by atoms with Gasteiger partial charge in [-0.2, -0.15) is 0 Å². The molecule has 0 atom stereocenters. The summed E-state index contributed by atoms with van der Waals surface area (Å²) < 4.78 is 0. The highest BCUT2D eigenvalue weighted by molar-refractivity contribution is 5.96. The van der Waals surface area contributed by atoms with E-state index in [0.29, 0.717) is 24.3 Å². The number of benzene rings is 1. The van der Waals surface area contributed by atoms with Crippen molar-refractivity contribution in [2.45, 2.75) is 0 Å². The fraction of sp³-hybridized carbons (Fsp3) is 0.273. The van der Waals surface area contributed by atoms with Gasteiger partial charge in [-0.05, 0) is 25.2 Å². The molecule has 1 aromatic rings. The van der Waals surface area contributed by atoms with E-state index in [1.54, 1.807) is 24.3 Å². The minimum atomic E-state index is -0.655. The van der Waals surface area contributed by atoms with E-state index in [1.165, 1.54) is 0 Å². The van der Waals surface area contributed by atoms with Crippen LogP contribution in [0.4, 0.5) is 10.5 Å². The first-order chi connectivity index (χ1) is 8.13. The summed E-state index contributed by atoms with van der Waals surface area (Å²) >= 11 is 0. The van der Waals surface area contributed by atoms with Crippen molar-refractivity contribution in [3.63, 3.8) is 0 Å². The molecule has 92 valence electrons. The van der Waals surface area contributed by atoms with Crippen LogP contribution < -0.4 is 21.7 Å². The molecule has 0 saturated carbocycles. The fourth-order valence-corrected chi connectivity index (χ4v) is 1.28. The molecule has 0 aliphatic rings. The number of likely N-dealkylation sites (N-methyl/N-ethyl adjacent to an activating group) is 1. The van der Waals surface area contributed by atoms with Crippen molar-refractivity contribution in [2.75, 3.05) is 25.5 Å². The number of hydrogen-bond donors (Lipinski definition) is 4. The molecular formula is C11H16N4O2. The zero-order chi connectivity index (χ0) is 12.7. The smallest absolute Gasteiger partial charge is 0.316 e. The minimum Gasteiger partial charge on any atom is -0.351 e. The van der Waals surface area contributed by atoms with E-state index < -0.39 is 6.03 Å². The third kappa shape index (κ3) is 4.52. The highest BCUT2D eigenvalue weighted by atomic mass is 16.2. The summed E-state index contributed by atoms with van der Waals surface area (Å²) in [5.74, 6) is -0.187. The third-order valence-electron chi connectivity index (χ3n) is 2.05. The van der Waals surface area contributed by atoms with Crippen molar-refractivity contribution in [2.24, 2.45) is 5.73 Å². The van der Waals surface area contributed by atoms with E-state index in [-0.39, 0.29) is 5.91 Å². The Kier molecular flexibility index (Phi) is 4.96. The summed E-state index contributed by atoms with van der Waals surface area (Å²) in [6.45, 7) is 1.24. The number of urea groups is 1. The Hall–Kier alpha value is -2.08. The highest BCUT2D eigenvalue weighted by Crippen LogP contribution is 2.10. The van der Waals surface area contributed by atoms with Gasteiger partial charge in [-0.15, -0.1) is 0 Å². The summed E-state index contributed by atoms with van der Waals surface area (Å²) in [7, 11) is 1.81. The van der Waals surface area contributed by atoms with Gasteiger partial charge in [0, 0.05) is 24.3 Å². The van der Waals surface area contributed by atoms with Crippen LogP contribution in [0.1, 0.15) is 10.4 Å². The van der Waals surface area contributed by atoms with Crippen molar-refractivity contribution in [3.05, 3.63) is 29.8 Å². The SMILES string of the molecule is CNCCNC(=O)c1cccc(NC(N)=O)c1. The summed E-state index contributed by atoms with van der Waals surface area (Å²) in [5.41, 5.74) is 5.97. The minimum absolute atomic E-state index is 0.187. The molecule has 6 heteroatoms. The van der Waals surface area contributed by atoms with Crippen molar-refractivity contribution in [3.8, 4) is 0 Å². The Morgan fingerprint density at radius 2 is 2.06 bits per heavy atom. The third-order valence-corrected chi connectivity index (χ3v) is 2.05. The van der Waals surface area contributed by atoms with E-state index >= 15 is 0 Å². The van der Waals surface area contributed by atoms with Gasteiger partial charge in [0.05, 0.1) is 0 Å². The van der Waals surface area contributed by atoms with E-state index in [4.69, 9.17) is 5.73 Å². The van der Waals surface area contributed by atoms with E-state index in [9.17, 15) is 9.59 Å². The molecular weight excluding hydrogens is 220 g/mol. The quantitative estimate of drug-likeness (QED) is 0.547. The Morgan fingerprint density at radius 3 is 2.71 bits per heavy atom. The first-order valence-electron chi connectivity index (χ1n) is 5.23. The standard InChI is InChI=1S/C11H16N4O2/c1-13-5-6-14-10(16)8-3-2-4-9(7-8)15-11(12)17/h2-4,7,13H,5-6H2,1H3,(H,14,16)(H3,12,15,17). The Morgan fingerprint density at radius 1 is 1.29 bits per heavy atom. The molecule has 0 unspecified atom stereocenters. The van der Waals surface area contributed by atoms with Gasteiger partial charge in [0.15, 0.2) is 0 Å². The number of rotatable bonds is 5. The first kappa shape index (κ1) is 13.0. The molecule has 0 saturated heterocycles. The lowest BCUT2D eigenvalue weighted by molar-refractivity contribution is 0.0954. The van der Waals surface area contributed by atoms with Crippen LogP contribution in [0.15, 0.2) is 24.3 Å². The largest absolute Gasteiger partial charge is 0.351 e. The first-order valence-corrected chi connectivity index (χ1v) is 5.23. The lowest BCUT2D eigenvalue weighted by Crippen LogP contribution is -2.30. The van der Waals surface area contributed by atoms with Crippen molar-refractivity contribution in [1.82, 2.24) is 10.6 Å². The summed E-state index contributed by atoms with van der Waals surface area (Å²) in [4.78, 5) is 22.3. The molecule has 0 radical (unpaired) electrons. The number of nitrogens with one attached hydrogen (secondary N) is 3. The molecule has 1 aromatic carbocycles. The highest BCUT2D eigenvalue weighted by Gasteiger charge is 2.05. The molecule has 5 N–H and O–H groups in total. The van der Waals surface area contributed by atoms with E-state index in [0.717, 1.165) is 0 Å². The van der Waals surface area contributed by atoms with Crippen LogP contribution in [0.25, 0.3) is 0 Å². The van der Waals surface area contributed by atoms with Crippen LogP contribution >= 0.6 is 0 Å². The van der Waals surface area contributed by atoms with Gasteiger partial charge in [0.1, 0.15) is 0 Å². The monoisotopic (exact) mass is 236 g/mol. The number of amides is 3. The number of anilines is 1. The van der Waals surface area contributed by atoms with Crippen LogP contribution in [-0.2, 0) is 0 Å². The molecule has 0 heterocycles. The van der Waals surface area contributed by atoms with Crippen molar-refractivity contribution < 1.29 is 9.59 Å². The molecule has 0 aromatic heterocycles. The van der Waals surface area contributed by atoms with Gasteiger partial charge in [-0.1, -0.05) is 6.07 Å². The zero-order valence-electron chi connectivity index (χ0n) is 9.62. The van der Waals surface area contributed by atoms with Gasteiger partial charge >= 0.3 is 6.03 Å². The average Bonchev–Trinajstić information content (AvgIpc) is 2.28. The lowest BCUT2D eigenvalue weighted by atomic mass is 10.2. The summed E-state index contributed by atoms with van der Waals surface area (Å²) in [6.07, 6.45) is 0. The zero-order valence-corrected chi connectivity index (χ0v) is 9.62. The Labute approximate surface area is 99.6 Å². The molecule has 1 rings (SSSR count). The maximum Gasteiger partial charge on any atom is 0.316 e. The van der Waals surface area contributed by atoms with Crippen molar-refractivity contribution >= 4 is 17.6 Å². The molecule has 0 aliphatic heterocycles. The number of carbonyl (C=O) groups excluding carboxylic acids is 2. The second-order valence-corrected chi connectivity index (χ2v) is 3.43. The number of hydrogen-bond acceptors (Lipinski definition) is 3. The van der Waals surface area contributed by atoms with Gasteiger partial charge in [0.2, 0.25) is 0 Å². The van der Waals surface area contributed by atoms with Crippen LogP contribution in [0.5, 0.6) is 0 Å². The number of carbonyl (C=O) groups is 2. The fourth-order valence-electron chi connectivity index (χ4n) is 1.28. The van der Waals surface area contributed by atoms with Gasteiger partial charge in [0.25, 0.3) is 5.91 Å². The summed E-state index contributed by atoms with van der Waals surface area (Å²) in [5, 5.41) is 8.07. The summed E-state index contributed by atoms with van der Waals surface area (Å²) in [6, 6.07) is 5.92.